The maximum absolute atomic E-state index is 13.8. The van der Waals surface area contributed by atoms with Crippen molar-refractivity contribution < 1.29 is 12.8 Å². The highest BCUT2D eigenvalue weighted by molar-refractivity contribution is 7.89. The lowest BCUT2D eigenvalue weighted by atomic mass is 9.95. The molecule has 1 aromatic rings. The van der Waals surface area contributed by atoms with E-state index in [-0.39, 0.29) is 11.4 Å². The van der Waals surface area contributed by atoms with Gasteiger partial charge in [0.2, 0.25) is 10.0 Å². The number of nitrogens with one attached hydrogen (secondary N) is 1. The molecular formula is C13H21FN2O2S. The summed E-state index contributed by atoms with van der Waals surface area (Å²) in [4.78, 5) is -0.331. The van der Waals surface area contributed by atoms with E-state index < -0.39 is 21.4 Å². The molecule has 108 valence electrons. The number of nitrogens with two attached hydrogens (primary N) is 1. The Morgan fingerprint density at radius 2 is 1.89 bits per heavy atom. The molecule has 6 heteroatoms. The van der Waals surface area contributed by atoms with Crippen molar-refractivity contribution in [3.8, 4) is 0 Å². The van der Waals surface area contributed by atoms with E-state index in [1.165, 1.54) is 25.1 Å². The Labute approximate surface area is 114 Å². The third-order valence-corrected chi connectivity index (χ3v) is 4.89. The summed E-state index contributed by atoms with van der Waals surface area (Å²) in [5.74, 6) is -0.717. The summed E-state index contributed by atoms with van der Waals surface area (Å²) in [5.41, 5.74) is 5.72. The Hall–Kier alpha value is -0.980. The van der Waals surface area contributed by atoms with E-state index in [9.17, 15) is 12.8 Å². The van der Waals surface area contributed by atoms with Crippen LogP contribution in [0.1, 0.15) is 32.3 Å². The number of hydrogen-bond acceptors (Lipinski definition) is 3. The molecule has 0 unspecified atom stereocenters. The molecule has 0 aromatic heterocycles. The second-order valence-electron chi connectivity index (χ2n) is 4.78. The second kappa shape index (κ2) is 5.98. The number of hydrogen-bond donors (Lipinski definition) is 2. The highest BCUT2D eigenvalue weighted by Crippen LogP contribution is 2.18. The second-order valence-corrected chi connectivity index (χ2v) is 6.52. The average molecular weight is 288 g/mol. The maximum atomic E-state index is 13.8. The minimum atomic E-state index is -3.87. The lowest BCUT2D eigenvalue weighted by Crippen LogP contribution is -2.49. The van der Waals surface area contributed by atoms with Crippen molar-refractivity contribution in [2.75, 3.05) is 6.54 Å². The Bertz CT molecular complexity index is 540. The van der Waals surface area contributed by atoms with Crippen LogP contribution in [0.3, 0.4) is 0 Å². The minimum absolute atomic E-state index is 0.0930. The van der Waals surface area contributed by atoms with Gasteiger partial charge in [0, 0.05) is 12.1 Å². The summed E-state index contributed by atoms with van der Waals surface area (Å²) in [6, 6.07) is 4.29. The normalized spacial score (nSPS) is 12.7. The van der Waals surface area contributed by atoms with Gasteiger partial charge in [-0.2, -0.15) is 0 Å². The predicted molar refractivity (Wildman–Crippen MR) is 73.8 cm³/mol. The quantitative estimate of drug-likeness (QED) is 0.840. The van der Waals surface area contributed by atoms with Gasteiger partial charge in [-0.05, 0) is 31.4 Å². The third-order valence-electron chi connectivity index (χ3n) is 3.47. The van der Waals surface area contributed by atoms with Gasteiger partial charge in [0.1, 0.15) is 10.7 Å². The van der Waals surface area contributed by atoms with Crippen molar-refractivity contribution in [1.82, 2.24) is 4.72 Å². The van der Waals surface area contributed by atoms with E-state index in [1.807, 2.05) is 13.8 Å². The first-order valence-corrected chi connectivity index (χ1v) is 7.77. The average Bonchev–Trinajstić information content (AvgIpc) is 2.39. The van der Waals surface area contributed by atoms with E-state index in [0.29, 0.717) is 18.4 Å². The van der Waals surface area contributed by atoms with Gasteiger partial charge in [0.05, 0.1) is 0 Å². The third kappa shape index (κ3) is 3.75. The summed E-state index contributed by atoms with van der Waals surface area (Å²) in [6.45, 7) is 5.41. The monoisotopic (exact) mass is 288 g/mol. The van der Waals surface area contributed by atoms with Crippen LogP contribution in [0, 0.1) is 12.7 Å². The zero-order valence-electron chi connectivity index (χ0n) is 11.5. The number of rotatable bonds is 6. The van der Waals surface area contributed by atoms with Crippen LogP contribution in [0.4, 0.5) is 4.39 Å². The first kappa shape index (κ1) is 16.1. The van der Waals surface area contributed by atoms with Crippen LogP contribution in [-0.2, 0) is 10.0 Å². The van der Waals surface area contributed by atoms with Crippen molar-refractivity contribution >= 4 is 10.0 Å². The Kier molecular flexibility index (Phi) is 5.06. The van der Waals surface area contributed by atoms with Gasteiger partial charge in [-0.1, -0.05) is 26.0 Å². The molecule has 1 aromatic carbocycles. The van der Waals surface area contributed by atoms with Gasteiger partial charge in [0.25, 0.3) is 0 Å². The van der Waals surface area contributed by atoms with Crippen LogP contribution in [0.5, 0.6) is 0 Å². The smallest absolute Gasteiger partial charge is 0.243 e. The van der Waals surface area contributed by atoms with Crippen LogP contribution in [-0.4, -0.2) is 20.5 Å². The molecule has 0 fully saturated rings. The van der Waals surface area contributed by atoms with E-state index in [4.69, 9.17) is 5.73 Å². The van der Waals surface area contributed by atoms with Crippen LogP contribution < -0.4 is 10.5 Å². The largest absolute Gasteiger partial charge is 0.324 e. The molecule has 19 heavy (non-hydrogen) atoms. The van der Waals surface area contributed by atoms with Crippen molar-refractivity contribution in [3.05, 3.63) is 29.6 Å². The summed E-state index contributed by atoms with van der Waals surface area (Å²) in [7, 11) is -3.87. The van der Waals surface area contributed by atoms with Crippen LogP contribution in [0.15, 0.2) is 23.1 Å². The fraction of sp³-hybridized carbons (Fsp3) is 0.538. The molecule has 4 nitrogen and oxygen atoms in total. The SMILES string of the molecule is CCC(N)(CC)CNS(=O)(=O)c1cccc(C)c1F. The summed E-state index contributed by atoms with van der Waals surface area (Å²) in [5, 5.41) is 0. The number of sulfonamides is 1. The zero-order valence-corrected chi connectivity index (χ0v) is 12.3. The van der Waals surface area contributed by atoms with E-state index in [2.05, 4.69) is 4.72 Å². The summed E-state index contributed by atoms with van der Waals surface area (Å²) in [6.07, 6.45) is 1.28. The fourth-order valence-electron chi connectivity index (χ4n) is 1.64. The van der Waals surface area contributed by atoms with Gasteiger partial charge in [-0.25, -0.2) is 17.5 Å². The molecule has 0 spiro atoms. The molecule has 3 N–H and O–H groups in total. The molecule has 0 saturated carbocycles. The van der Waals surface area contributed by atoms with E-state index in [0.717, 1.165) is 0 Å². The van der Waals surface area contributed by atoms with Crippen LogP contribution >= 0.6 is 0 Å². The number of benzene rings is 1. The lowest BCUT2D eigenvalue weighted by Gasteiger charge is -2.26. The van der Waals surface area contributed by atoms with Crippen molar-refractivity contribution in [2.24, 2.45) is 5.73 Å². The lowest BCUT2D eigenvalue weighted by molar-refractivity contribution is 0.391. The van der Waals surface area contributed by atoms with Gasteiger partial charge >= 0.3 is 0 Å². The van der Waals surface area contributed by atoms with Crippen LogP contribution in [0.2, 0.25) is 0 Å². The van der Waals surface area contributed by atoms with Gasteiger partial charge in [0.15, 0.2) is 0 Å². The topological polar surface area (TPSA) is 72.2 Å². The molecule has 0 aliphatic carbocycles. The molecule has 0 saturated heterocycles. The molecule has 0 aliphatic rings. The van der Waals surface area contributed by atoms with E-state index in [1.54, 1.807) is 0 Å². The Morgan fingerprint density at radius 1 is 1.32 bits per heavy atom. The molecule has 0 bridgehead atoms. The van der Waals surface area contributed by atoms with E-state index >= 15 is 0 Å². The Balaban J connectivity index is 2.97. The highest BCUT2D eigenvalue weighted by atomic mass is 32.2. The first-order chi connectivity index (χ1) is 8.75. The molecule has 0 amide bonds. The highest BCUT2D eigenvalue weighted by Gasteiger charge is 2.25. The molecule has 0 atom stereocenters. The fourth-order valence-corrected chi connectivity index (χ4v) is 2.93. The maximum Gasteiger partial charge on any atom is 0.243 e. The van der Waals surface area contributed by atoms with Crippen molar-refractivity contribution in [2.45, 2.75) is 44.0 Å². The number of aryl methyl sites for hydroxylation is 1. The van der Waals surface area contributed by atoms with Gasteiger partial charge in [-0.15, -0.1) is 0 Å². The van der Waals surface area contributed by atoms with Crippen molar-refractivity contribution in [1.29, 1.82) is 0 Å². The zero-order chi connectivity index (χ0) is 14.7. The van der Waals surface area contributed by atoms with Crippen LogP contribution in [0.25, 0.3) is 0 Å². The summed E-state index contributed by atoms with van der Waals surface area (Å²) >= 11 is 0. The van der Waals surface area contributed by atoms with Gasteiger partial charge < -0.3 is 5.73 Å². The molecule has 1 rings (SSSR count). The van der Waals surface area contributed by atoms with Gasteiger partial charge in [-0.3, -0.25) is 0 Å². The standard InChI is InChI=1S/C13H21FN2O2S/c1-4-13(15,5-2)9-16-19(17,18)11-8-6-7-10(3)12(11)14/h6-8,16H,4-5,9,15H2,1-3H3. The molecule has 0 aliphatic heterocycles. The molecule has 0 radical (unpaired) electrons. The molecule has 0 heterocycles. The predicted octanol–water partition coefficient (Wildman–Crippen LogP) is 1.93. The molecular weight excluding hydrogens is 267 g/mol. The number of halogens is 1. The Morgan fingerprint density at radius 3 is 2.42 bits per heavy atom. The summed E-state index contributed by atoms with van der Waals surface area (Å²) < 4.78 is 40.4. The van der Waals surface area contributed by atoms with Crippen molar-refractivity contribution in [3.63, 3.8) is 0 Å². The minimum Gasteiger partial charge on any atom is -0.324 e. The first-order valence-electron chi connectivity index (χ1n) is 6.29.